The van der Waals surface area contributed by atoms with E-state index in [1.807, 2.05) is 14.0 Å². The molecular formula is C13H26N2O2. The average molecular weight is 242 g/mol. The second kappa shape index (κ2) is 6.97. The van der Waals surface area contributed by atoms with E-state index >= 15 is 0 Å². The summed E-state index contributed by atoms with van der Waals surface area (Å²) >= 11 is 0. The lowest BCUT2D eigenvalue weighted by Crippen LogP contribution is -2.41. The molecule has 0 aliphatic heterocycles. The van der Waals surface area contributed by atoms with Crippen molar-refractivity contribution in [3.05, 3.63) is 0 Å². The first-order valence-electron chi connectivity index (χ1n) is 6.56. The van der Waals surface area contributed by atoms with Gasteiger partial charge in [0.2, 0.25) is 5.91 Å². The lowest BCUT2D eigenvalue weighted by Gasteiger charge is -2.31. The number of carbonyl (C=O) groups excluding carboxylic acids is 1. The molecule has 4 nitrogen and oxygen atoms in total. The molecule has 2 N–H and O–H groups in total. The number of ether oxygens (including phenoxy) is 1. The molecule has 1 aliphatic carbocycles. The van der Waals surface area contributed by atoms with Crippen molar-refractivity contribution in [2.45, 2.75) is 51.1 Å². The van der Waals surface area contributed by atoms with Crippen LogP contribution in [0.5, 0.6) is 0 Å². The topological polar surface area (TPSA) is 55.6 Å². The summed E-state index contributed by atoms with van der Waals surface area (Å²) in [7, 11) is 3.51. The molecule has 0 aromatic rings. The van der Waals surface area contributed by atoms with E-state index < -0.39 is 0 Å². The van der Waals surface area contributed by atoms with Crippen LogP contribution in [0.4, 0.5) is 0 Å². The summed E-state index contributed by atoms with van der Waals surface area (Å²) in [4.78, 5) is 13.9. The molecule has 1 saturated carbocycles. The lowest BCUT2D eigenvalue weighted by molar-refractivity contribution is -0.134. The van der Waals surface area contributed by atoms with Gasteiger partial charge in [-0.25, -0.2) is 0 Å². The Morgan fingerprint density at radius 3 is 2.71 bits per heavy atom. The van der Waals surface area contributed by atoms with E-state index in [1.54, 1.807) is 12.0 Å². The standard InChI is InChI=1S/C13H26N2O2/c1-10(9-17-3)15(2)13(16)8-11-6-4-5-7-12(11)14/h10-12H,4-9,14H2,1-3H3. The Morgan fingerprint density at radius 2 is 2.12 bits per heavy atom. The number of carbonyl (C=O) groups is 1. The lowest BCUT2D eigenvalue weighted by atomic mass is 9.82. The van der Waals surface area contributed by atoms with Gasteiger partial charge in [-0.2, -0.15) is 0 Å². The van der Waals surface area contributed by atoms with Crippen molar-refractivity contribution < 1.29 is 9.53 Å². The Kier molecular flexibility index (Phi) is 5.92. The Morgan fingerprint density at radius 1 is 1.47 bits per heavy atom. The molecule has 0 saturated heterocycles. The molecular weight excluding hydrogens is 216 g/mol. The molecule has 17 heavy (non-hydrogen) atoms. The number of methoxy groups -OCH3 is 1. The summed E-state index contributed by atoms with van der Waals surface area (Å²) < 4.78 is 5.07. The van der Waals surface area contributed by atoms with Crippen LogP contribution >= 0.6 is 0 Å². The van der Waals surface area contributed by atoms with Crippen molar-refractivity contribution in [2.24, 2.45) is 11.7 Å². The highest BCUT2D eigenvalue weighted by atomic mass is 16.5. The normalized spacial score (nSPS) is 26.6. The number of nitrogens with two attached hydrogens (primary N) is 1. The van der Waals surface area contributed by atoms with Gasteiger partial charge in [0.15, 0.2) is 0 Å². The molecule has 1 fully saturated rings. The Balaban J connectivity index is 2.41. The first-order valence-corrected chi connectivity index (χ1v) is 6.56. The van der Waals surface area contributed by atoms with Gasteiger partial charge in [0.25, 0.3) is 0 Å². The monoisotopic (exact) mass is 242 g/mol. The molecule has 4 heteroatoms. The number of likely N-dealkylation sites (N-methyl/N-ethyl adjacent to an activating group) is 1. The molecule has 0 bridgehead atoms. The fraction of sp³-hybridized carbons (Fsp3) is 0.923. The molecule has 3 unspecified atom stereocenters. The fourth-order valence-electron chi connectivity index (χ4n) is 2.46. The van der Waals surface area contributed by atoms with Crippen LogP contribution in [0.15, 0.2) is 0 Å². The van der Waals surface area contributed by atoms with Gasteiger partial charge in [-0.3, -0.25) is 4.79 Å². The van der Waals surface area contributed by atoms with Crippen LogP contribution in [0.2, 0.25) is 0 Å². The zero-order valence-corrected chi connectivity index (χ0v) is 11.3. The molecule has 3 atom stereocenters. The zero-order valence-electron chi connectivity index (χ0n) is 11.3. The first kappa shape index (κ1) is 14.5. The molecule has 0 aromatic carbocycles. The van der Waals surface area contributed by atoms with Gasteiger partial charge in [0.05, 0.1) is 12.6 Å². The van der Waals surface area contributed by atoms with Crippen molar-refractivity contribution in [2.75, 3.05) is 20.8 Å². The van der Waals surface area contributed by atoms with Crippen molar-refractivity contribution >= 4 is 5.91 Å². The molecule has 1 amide bonds. The SMILES string of the molecule is COCC(C)N(C)C(=O)CC1CCCCC1N. The predicted octanol–water partition coefficient (Wildman–Crippen LogP) is 1.39. The Bertz CT molecular complexity index is 246. The van der Waals surface area contributed by atoms with Crippen molar-refractivity contribution in [3.8, 4) is 0 Å². The summed E-state index contributed by atoms with van der Waals surface area (Å²) in [5, 5.41) is 0. The van der Waals surface area contributed by atoms with Crippen molar-refractivity contribution in [1.82, 2.24) is 4.90 Å². The first-order chi connectivity index (χ1) is 8.06. The third kappa shape index (κ3) is 4.28. The van der Waals surface area contributed by atoms with E-state index in [0.29, 0.717) is 18.9 Å². The molecule has 0 radical (unpaired) electrons. The average Bonchev–Trinajstić information content (AvgIpc) is 2.31. The summed E-state index contributed by atoms with van der Waals surface area (Å²) in [5.41, 5.74) is 6.07. The summed E-state index contributed by atoms with van der Waals surface area (Å²) in [6, 6.07) is 0.339. The molecule has 100 valence electrons. The highest BCUT2D eigenvalue weighted by molar-refractivity contribution is 5.76. The van der Waals surface area contributed by atoms with Gasteiger partial charge >= 0.3 is 0 Å². The second-order valence-corrected chi connectivity index (χ2v) is 5.22. The number of amides is 1. The fourth-order valence-corrected chi connectivity index (χ4v) is 2.46. The van der Waals surface area contributed by atoms with E-state index in [4.69, 9.17) is 10.5 Å². The minimum atomic E-state index is 0.132. The van der Waals surface area contributed by atoms with Crippen molar-refractivity contribution in [1.29, 1.82) is 0 Å². The van der Waals surface area contributed by atoms with Gasteiger partial charge in [-0.1, -0.05) is 12.8 Å². The molecule has 1 aliphatic rings. The van der Waals surface area contributed by atoms with Gasteiger partial charge < -0.3 is 15.4 Å². The highest BCUT2D eigenvalue weighted by Gasteiger charge is 2.26. The van der Waals surface area contributed by atoms with Gasteiger partial charge in [-0.05, 0) is 25.7 Å². The summed E-state index contributed by atoms with van der Waals surface area (Å²) in [6.45, 7) is 2.58. The molecule has 0 spiro atoms. The van der Waals surface area contributed by atoms with Crippen molar-refractivity contribution in [3.63, 3.8) is 0 Å². The quantitative estimate of drug-likeness (QED) is 0.792. The Labute approximate surface area is 104 Å². The number of hydrogen-bond acceptors (Lipinski definition) is 3. The highest BCUT2D eigenvalue weighted by Crippen LogP contribution is 2.26. The molecule has 0 heterocycles. The molecule has 0 aromatic heterocycles. The van der Waals surface area contributed by atoms with Crippen LogP contribution in [0.25, 0.3) is 0 Å². The van der Waals surface area contributed by atoms with Crippen LogP contribution in [-0.4, -0.2) is 43.7 Å². The third-order valence-electron chi connectivity index (χ3n) is 3.87. The number of rotatable bonds is 5. The minimum Gasteiger partial charge on any atom is -0.383 e. The smallest absolute Gasteiger partial charge is 0.222 e. The van der Waals surface area contributed by atoms with Crippen LogP contribution in [-0.2, 0) is 9.53 Å². The summed E-state index contributed by atoms with van der Waals surface area (Å²) in [6.07, 6.45) is 5.17. The van der Waals surface area contributed by atoms with E-state index in [1.165, 1.54) is 12.8 Å². The maximum absolute atomic E-state index is 12.1. The van der Waals surface area contributed by atoms with Crippen LogP contribution in [0.1, 0.15) is 39.0 Å². The third-order valence-corrected chi connectivity index (χ3v) is 3.87. The minimum absolute atomic E-state index is 0.132. The van der Waals surface area contributed by atoms with Gasteiger partial charge in [-0.15, -0.1) is 0 Å². The zero-order chi connectivity index (χ0) is 12.8. The van der Waals surface area contributed by atoms with Gasteiger partial charge in [0.1, 0.15) is 0 Å². The number of hydrogen-bond donors (Lipinski definition) is 1. The van der Waals surface area contributed by atoms with E-state index in [-0.39, 0.29) is 18.0 Å². The summed E-state index contributed by atoms with van der Waals surface area (Å²) in [5.74, 6) is 0.561. The Hall–Kier alpha value is -0.610. The van der Waals surface area contributed by atoms with E-state index in [0.717, 1.165) is 12.8 Å². The van der Waals surface area contributed by atoms with E-state index in [2.05, 4.69) is 0 Å². The van der Waals surface area contributed by atoms with Crippen LogP contribution in [0.3, 0.4) is 0 Å². The van der Waals surface area contributed by atoms with Crippen LogP contribution in [0, 0.1) is 5.92 Å². The molecule has 1 rings (SSSR count). The largest absolute Gasteiger partial charge is 0.383 e. The van der Waals surface area contributed by atoms with E-state index in [9.17, 15) is 4.79 Å². The second-order valence-electron chi connectivity index (χ2n) is 5.22. The maximum atomic E-state index is 12.1. The number of nitrogens with zero attached hydrogens (tertiary/aromatic N) is 1. The predicted molar refractivity (Wildman–Crippen MR) is 68.7 cm³/mol. The maximum Gasteiger partial charge on any atom is 0.222 e. The van der Waals surface area contributed by atoms with Gasteiger partial charge in [0, 0.05) is 26.6 Å². The van der Waals surface area contributed by atoms with Crippen LogP contribution < -0.4 is 5.73 Å².